The fourth-order valence-corrected chi connectivity index (χ4v) is 2.19. The molecule has 0 aromatic carbocycles. The lowest BCUT2D eigenvalue weighted by molar-refractivity contribution is -0.115. The first-order chi connectivity index (χ1) is 8.58. The van der Waals surface area contributed by atoms with Crippen LogP contribution in [0.4, 0.5) is 0 Å². The normalized spacial score (nSPS) is 20.8. The molecule has 0 aliphatic carbocycles. The third-order valence-electron chi connectivity index (χ3n) is 2.68. The number of carbonyl (C=O) groups is 1. The van der Waals surface area contributed by atoms with Crippen molar-refractivity contribution in [3.63, 3.8) is 0 Å². The summed E-state index contributed by atoms with van der Waals surface area (Å²) < 4.78 is 26.7. The van der Waals surface area contributed by atoms with Crippen LogP contribution in [0, 0.1) is 0 Å². The molecule has 2 heterocycles. The second kappa shape index (κ2) is 5.34. The lowest BCUT2D eigenvalue weighted by Gasteiger charge is -2.37. The Labute approximate surface area is 106 Å². The van der Waals surface area contributed by atoms with Crippen LogP contribution in [0.2, 0.25) is 0 Å². The minimum Gasteiger partial charge on any atom is -0.366 e. The van der Waals surface area contributed by atoms with Gasteiger partial charge in [-0.1, -0.05) is 6.08 Å². The van der Waals surface area contributed by atoms with E-state index in [1.54, 1.807) is 28.4 Å². The molecule has 0 unspecified atom stereocenters. The number of nitrogens with two attached hydrogens (primary N) is 1. The molecule has 1 saturated heterocycles. The predicted octanol–water partition coefficient (Wildman–Crippen LogP) is -1.52. The molecule has 18 heavy (non-hydrogen) atoms. The summed E-state index contributed by atoms with van der Waals surface area (Å²) >= 11 is 0. The monoisotopic (exact) mass is 271 g/mol. The van der Waals surface area contributed by atoms with Crippen LogP contribution in [0.15, 0.2) is 23.9 Å². The maximum atomic E-state index is 11.1. The van der Waals surface area contributed by atoms with E-state index in [4.69, 9.17) is 10.5 Å². The zero-order chi connectivity index (χ0) is 13.1. The number of carbonyl (C=O) groups excluding carboxylic acids is 1. The lowest BCUT2D eigenvalue weighted by Crippen LogP contribution is -2.50. The van der Waals surface area contributed by atoms with Crippen molar-refractivity contribution in [3.8, 4) is 0 Å². The first-order valence-electron chi connectivity index (χ1n) is 5.34. The highest BCUT2D eigenvalue weighted by Crippen LogP contribution is 2.12. The molecule has 7 nitrogen and oxygen atoms in total. The van der Waals surface area contributed by atoms with Crippen molar-refractivity contribution < 1.29 is 17.9 Å². The number of rotatable bonds is 2. The SMILES string of the molecule is NC(=O)C1=CC=CN(N2CCOC(=S(=O)=O)C2)C1. The van der Waals surface area contributed by atoms with Gasteiger partial charge < -0.3 is 15.5 Å². The quantitative estimate of drug-likeness (QED) is 0.613. The number of amides is 1. The highest BCUT2D eigenvalue weighted by Gasteiger charge is 2.23. The summed E-state index contributed by atoms with van der Waals surface area (Å²) in [6.07, 6.45) is 5.12. The van der Waals surface area contributed by atoms with Gasteiger partial charge in [-0.25, -0.2) is 5.01 Å². The van der Waals surface area contributed by atoms with Gasteiger partial charge >= 0.3 is 0 Å². The third kappa shape index (κ3) is 2.78. The van der Waals surface area contributed by atoms with Gasteiger partial charge in [0.25, 0.3) is 0 Å². The molecule has 2 rings (SSSR count). The van der Waals surface area contributed by atoms with Crippen LogP contribution >= 0.6 is 0 Å². The average Bonchev–Trinajstić information content (AvgIpc) is 2.39. The van der Waals surface area contributed by atoms with Gasteiger partial charge in [0, 0.05) is 18.3 Å². The number of ether oxygens (including phenoxy) is 1. The van der Waals surface area contributed by atoms with Gasteiger partial charge in [0.1, 0.15) is 0 Å². The van der Waals surface area contributed by atoms with E-state index in [1.807, 2.05) is 0 Å². The standard InChI is InChI=1S/C10H13N3O4S/c11-10(14)8-2-1-3-12(6-8)13-4-5-17-9(7-13)18(15)16/h1-3H,4-7H2,(H2,11,14). The number of allylic oxidation sites excluding steroid dienone is 2. The van der Waals surface area contributed by atoms with Crippen LogP contribution in [0.3, 0.4) is 0 Å². The molecule has 98 valence electrons. The molecule has 2 aliphatic rings. The van der Waals surface area contributed by atoms with E-state index in [0.29, 0.717) is 25.3 Å². The van der Waals surface area contributed by atoms with Crippen molar-refractivity contribution in [2.24, 2.45) is 5.73 Å². The Morgan fingerprint density at radius 3 is 2.83 bits per heavy atom. The molecule has 0 aromatic rings. The maximum Gasteiger partial charge on any atom is 0.246 e. The van der Waals surface area contributed by atoms with Gasteiger partial charge in [-0.05, 0) is 6.08 Å². The Kier molecular flexibility index (Phi) is 3.80. The van der Waals surface area contributed by atoms with Crippen LogP contribution < -0.4 is 5.73 Å². The number of nitrogens with zero attached hydrogens (tertiary/aromatic N) is 2. The van der Waals surface area contributed by atoms with Gasteiger partial charge in [0.2, 0.25) is 16.2 Å². The Bertz CT molecular complexity index is 541. The molecule has 2 aliphatic heterocycles. The van der Waals surface area contributed by atoms with Gasteiger partial charge in [-0.3, -0.25) is 4.79 Å². The Morgan fingerprint density at radius 1 is 1.39 bits per heavy atom. The molecular formula is C10H13N3O4S. The van der Waals surface area contributed by atoms with Crippen molar-refractivity contribution in [1.82, 2.24) is 10.0 Å². The molecule has 0 bridgehead atoms. The summed E-state index contributed by atoms with van der Waals surface area (Å²) in [6, 6.07) is 0. The van der Waals surface area contributed by atoms with Crippen molar-refractivity contribution in [2.75, 3.05) is 26.2 Å². The van der Waals surface area contributed by atoms with E-state index in [2.05, 4.69) is 0 Å². The van der Waals surface area contributed by atoms with Gasteiger partial charge in [0.15, 0.2) is 5.05 Å². The molecule has 2 N–H and O–H groups in total. The first-order valence-corrected chi connectivity index (χ1v) is 6.42. The zero-order valence-corrected chi connectivity index (χ0v) is 10.4. The average molecular weight is 271 g/mol. The van der Waals surface area contributed by atoms with Crippen LogP contribution in [-0.2, 0) is 19.8 Å². The molecule has 1 fully saturated rings. The zero-order valence-electron chi connectivity index (χ0n) is 9.57. The summed E-state index contributed by atoms with van der Waals surface area (Å²) in [6.45, 7) is 1.34. The second-order valence-electron chi connectivity index (χ2n) is 3.84. The minimum absolute atomic E-state index is 0.00447. The van der Waals surface area contributed by atoms with Gasteiger partial charge in [-0.15, -0.1) is 0 Å². The fraction of sp³-hybridized carbons (Fsp3) is 0.400. The number of primary amides is 1. The largest absolute Gasteiger partial charge is 0.366 e. The van der Waals surface area contributed by atoms with Crippen molar-refractivity contribution in [3.05, 3.63) is 23.9 Å². The molecule has 0 saturated carbocycles. The van der Waals surface area contributed by atoms with E-state index in [9.17, 15) is 13.2 Å². The van der Waals surface area contributed by atoms with E-state index in [0.717, 1.165) is 0 Å². The van der Waals surface area contributed by atoms with E-state index < -0.39 is 16.2 Å². The third-order valence-corrected chi connectivity index (χ3v) is 3.30. The number of hydrogen-bond donors (Lipinski definition) is 1. The molecule has 8 heteroatoms. The van der Waals surface area contributed by atoms with E-state index >= 15 is 0 Å². The van der Waals surface area contributed by atoms with Crippen molar-refractivity contribution >= 4 is 21.3 Å². The van der Waals surface area contributed by atoms with Crippen molar-refractivity contribution in [1.29, 1.82) is 0 Å². The first kappa shape index (κ1) is 12.8. The van der Waals surface area contributed by atoms with Crippen LogP contribution in [-0.4, -0.2) is 55.6 Å². The highest BCUT2D eigenvalue weighted by atomic mass is 32.2. The van der Waals surface area contributed by atoms with Crippen molar-refractivity contribution in [2.45, 2.75) is 0 Å². The number of hydrazine groups is 1. The Hall–Kier alpha value is -1.64. The fourth-order valence-electron chi connectivity index (χ4n) is 1.75. The van der Waals surface area contributed by atoms with E-state index in [-0.39, 0.29) is 11.6 Å². The van der Waals surface area contributed by atoms with Crippen LogP contribution in [0.1, 0.15) is 0 Å². The topological polar surface area (TPSA) is 92.9 Å². The Balaban J connectivity index is 2.10. The summed E-state index contributed by atoms with van der Waals surface area (Å²) in [7, 11) is -2.35. The number of morpholine rings is 1. The summed E-state index contributed by atoms with van der Waals surface area (Å²) in [5.74, 6) is -0.478. The maximum absolute atomic E-state index is 11.1. The molecule has 0 spiro atoms. The smallest absolute Gasteiger partial charge is 0.246 e. The van der Waals surface area contributed by atoms with Gasteiger partial charge in [-0.2, -0.15) is 8.42 Å². The summed E-state index contributed by atoms with van der Waals surface area (Å²) in [5, 5.41) is 3.56. The van der Waals surface area contributed by atoms with Gasteiger partial charge in [0.05, 0.1) is 19.7 Å². The number of hydrogen-bond acceptors (Lipinski definition) is 6. The molecule has 1 amide bonds. The minimum atomic E-state index is -2.35. The molecule has 0 atom stereocenters. The molecule has 0 aromatic heterocycles. The molecular weight excluding hydrogens is 258 g/mol. The highest BCUT2D eigenvalue weighted by molar-refractivity contribution is 7.72. The predicted molar refractivity (Wildman–Crippen MR) is 64.6 cm³/mol. The van der Waals surface area contributed by atoms with E-state index in [1.165, 1.54) is 0 Å². The van der Waals surface area contributed by atoms with Crippen LogP contribution in [0.5, 0.6) is 0 Å². The summed E-state index contributed by atoms with van der Waals surface area (Å²) in [4.78, 5) is 11.1. The summed E-state index contributed by atoms with van der Waals surface area (Å²) in [5.41, 5.74) is 5.70. The molecule has 0 radical (unpaired) electrons. The lowest BCUT2D eigenvalue weighted by atomic mass is 10.2. The Morgan fingerprint density at radius 2 is 2.17 bits per heavy atom. The second-order valence-corrected chi connectivity index (χ2v) is 4.76. The van der Waals surface area contributed by atoms with Crippen LogP contribution in [0.25, 0.3) is 0 Å².